The van der Waals surface area contributed by atoms with E-state index in [-0.39, 0.29) is 17.3 Å². The monoisotopic (exact) mass is 416 g/mol. The molecule has 1 aliphatic rings. The lowest BCUT2D eigenvalue weighted by atomic mass is 10.2. The van der Waals surface area contributed by atoms with Crippen LogP contribution < -0.4 is 5.32 Å². The molecule has 158 valence electrons. The molecule has 0 atom stereocenters. The maximum absolute atomic E-state index is 11.4. The molecule has 28 heavy (non-hydrogen) atoms. The van der Waals surface area contributed by atoms with E-state index in [1.807, 2.05) is 4.90 Å². The van der Waals surface area contributed by atoms with Crippen molar-refractivity contribution in [2.24, 2.45) is 0 Å². The predicted molar refractivity (Wildman–Crippen MR) is 103 cm³/mol. The zero-order valence-electron chi connectivity index (χ0n) is 17.4. The number of hydrogen-bond acceptors (Lipinski definition) is 8. The molecule has 0 unspecified atom stereocenters. The SMILES string of the molecule is [2H]c1c(CN2CC(S(C)(=O)=O)C2)nnn1CCOCCOCCNC(=O)C(=C)C. The normalized spacial score (nSPS) is 15.9. The summed E-state index contributed by atoms with van der Waals surface area (Å²) >= 11 is 0. The molecule has 0 radical (unpaired) electrons. The molecule has 1 aromatic heterocycles. The number of amides is 1. The maximum Gasteiger partial charge on any atom is 0.246 e. The number of carbonyl (C=O) groups excluding carboxylic acids is 1. The Morgan fingerprint density at radius 2 is 2.04 bits per heavy atom. The molecule has 11 heteroatoms. The number of ether oxygens (including phenoxy) is 2. The van der Waals surface area contributed by atoms with Gasteiger partial charge in [0.05, 0.1) is 45.3 Å². The highest BCUT2D eigenvalue weighted by Crippen LogP contribution is 2.17. The fourth-order valence-electron chi connectivity index (χ4n) is 2.46. The van der Waals surface area contributed by atoms with Gasteiger partial charge in [-0.15, -0.1) is 5.10 Å². The van der Waals surface area contributed by atoms with Gasteiger partial charge in [-0.1, -0.05) is 11.8 Å². The Hall–Kier alpha value is -1.82. The average Bonchev–Trinajstić information content (AvgIpc) is 2.94. The Morgan fingerprint density at radius 3 is 2.68 bits per heavy atom. The van der Waals surface area contributed by atoms with Crippen LogP contribution in [0.1, 0.15) is 14.0 Å². The molecule has 0 bridgehead atoms. The molecule has 0 aromatic carbocycles. The molecule has 2 rings (SSSR count). The smallest absolute Gasteiger partial charge is 0.246 e. The Morgan fingerprint density at radius 1 is 1.36 bits per heavy atom. The molecule has 0 aliphatic carbocycles. The number of nitrogens with one attached hydrogen (secondary N) is 1. The molecule has 0 spiro atoms. The average molecular weight is 417 g/mol. The van der Waals surface area contributed by atoms with Gasteiger partial charge in [0.15, 0.2) is 9.84 Å². The van der Waals surface area contributed by atoms with Crippen LogP contribution in [0.2, 0.25) is 0 Å². The van der Waals surface area contributed by atoms with Gasteiger partial charge in [0.25, 0.3) is 0 Å². The second-order valence-corrected chi connectivity index (χ2v) is 9.10. The van der Waals surface area contributed by atoms with Crippen LogP contribution in [0.25, 0.3) is 0 Å². The van der Waals surface area contributed by atoms with Crippen molar-refractivity contribution in [3.63, 3.8) is 0 Å². The minimum Gasteiger partial charge on any atom is -0.377 e. The summed E-state index contributed by atoms with van der Waals surface area (Å²) in [7, 11) is -3.01. The third kappa shape index (κ3) is 7.66. The van der Waals surface area contributed by atoms with Gasteiger partial charge >= 0.3 is 0 Å². The first-order chi connectivity index (χ1) is 13.7. The minimum absolute atomic E-state index is 0.187. The quantitative estimate of drug-likeness (QED) is 0.329. The second kappa shape index (κ2) is 10.6. The van der Waals surface area contributed by atoms with Crippen LogP contribution >= 0.6 is 0 Å². The van der Waals surface area contributed by atoms with Crippen molar-refractivity contribution < 1.29 is 24.1 Å². The summed E-state index contributed by atoms with van der Waals surface area (Å²) in [5.74, 6) is -0.187. The summed E-state index contributed by atoms with van der Waals surface area (Å²) in [4.78, 5) is 13.2. The highest BCUT2D eigenvalue weighted by atomic mass is 32.2. The number of hydrogen-bond donors (Lipinski definition) is 1. The molecule has 1 fully saturated rings. The van der Waals surface area contributed by atoms with Crippen molar-refractivity contribution in [3.05, 3.63) is 24.0 Å². The number of rotatable bonds is 13. The number of nitrogens with zero attached hydrogens (tertiary/aromatic N) is 4. The maximum atomic E-state index is 11.4. The van der Waals surface area contributed by atoms with Crippen molar-refractivity contribution in [1.82, 2.24) is 25.2 Å². The van der Waals surface area contributed by atoms with Crippen LogP contribution in [0.4, 0.5) is 0 Å². The predicted octanol–water partition coefficient (Wildman–Crippen LogP) is -0.768. The van der Waals surface area contributed by atoms with Crippen LogP contribution in [0.3, 0.4) is 0 Å². The van der Waals surface area contributed by atoms with Gasteiger partial charge in [-0.05, 0) is 6.92 Å². The lowest BCUT2D eigenvalue weighted by Crippen LogP contribution is -2.53. The standard InChI is InChI=1S/C17H29N5O5S/c1-14(2)17(23)18-4-6-26-8-9-27-7-5-22-11-15(19-20-22)10-21-12-16(13-21)28(3,24)25/h11,16H,1,4-10,12-13H2,2-3H3,(H,18,23)/i11D. The highest BCUT2D eigenvalue weighted by molar-refractivity contribution is 7.91. The highest BCUT2D eigenvalue weighted by Gasteiger charge is 2.34. The van der Waals surface area contributed by atoms with Crippen molar-refractivity contribution >= 4 is 15.7 Å². The first kappa shape index (κ1) is 20.9. The molecule has 1 saturated heterocycles. The lowest BCUT2D eigenvalue weighted by Gasteiger charge is -2.37. The zero-order chi connectivity index (χ0) is 21.4. The van der Waals surface area contributed by atoms with Crippen LogP contribution in [0.5, 0.6) is 0 Å². The van der Waals surface area contributed by atoms with E-state index in [0.717, 1.165) is 0 Å². The summed E-state index contributed by atoms with van der Waals surface area (Å²) in [6, 6.07) is 0. The summed E-state index contributed by atoms with van der Waals surface area (Å²) in [5, 5.41) is 10.3. The second-order valence-electron chi connectivity index (χ2n) is 6.78. The summed E-state index contributed by atoms with van der Waals surface area (Å²) in [6.07, 6.45) is 1.45. The van der Waals surface area contributed by atoms with Gasteiger partial charge in [0.1, 0.15) is 0 Å². The van der Waals surface area contributed by atoms with E-state index in [0.29, 0.717) is 70.4 Å². The van der Waals surface area contributed by atoms with Crippen molar-refractivity contribution in [1.29, 1.82) is 0 Å². The van der Waals surface area contributed by atoms with Crippen LogP contribution in [0.15, 0.2) is 18.3 Å². The molecular weight excluding hydrogens is 386 g/mol. The summed E-state index contributed by atoms with van der Waals surface area (Å²) in [6.45, 7) is 8.89. The Balaban J connectivity index is 1.55. The largest absolute Gasteiger partial charge is 0.377 e. The third-order valence-electron chi connectivity index (χ3n) is 4.17. The molecule has 2 heterocycles. The number of sulfone groups is 1. The first-order valence-electron chi connectivity index (χ1n) is 9.58. The van der Waals surface area contributed by atoms with Crippen LogP contribution in [-0.4, -0.2) is 91.8 Å². The van der Waals surface area contributed by atoms with E-state index in [1.165, 1.54) is 10.9 Å². The molecule has 10 nitrogen and oxygen atoms in total. The summed E-state index contributed by atoms with van der Waals surface area (Å²) < 4.78 is 43.3. The minimum atomic E-state index is -3.01. The lowest BCUT2D eigenvalue weighted by molar-refractivity contribution is -0.117. The molecular formula is C17H29N5O5S. The first-order valence-corrected chi connectivity index (χ1v) is 11.0. The Labute approximate surface area is 167 Å². The van der Waals surface area contributed by atoms with Crippen molar-refractivity contribution in [2.45, 2.75) is 25.3 Å². The van der Waals surface area contributed by atoms with Gasteiger partial charge in [-0.25, -0.2) is 13.1 Å². The third-order valence-corrected chi connectivity index (χ3v) is 5.68. The topological polar surface area (TPSA) is 116 Å². The molecule has 0 saturated carbocycles. The van der Waals surface area contributed by atoms with E-state index in [9.17, 15) is 13.2 Å². The van der Waals surface area contributed by atoms with Gasteiger partial charge in [-0.2, -0.15) is 0 Å². The van der Waals surface area contributed by atoms with E-state index in [2.05, 4.69) is 22.2 Å². The van der Waals surface area contributed by atoms with Crippen LogP contribution in [-0.2, 0) is 37.2 Å². The van der Waals surface area contributed by atoms with Crippen molar-refractivity contribution in [3.8, 4) is 0 Å². The van der Waals surface area contributed by atoms with E-state index in [4.69, 9.17) is 10.8 Å². The zero-order valence-corrected chi connectivity index (χ0v) is 17.2. The van der Waals surface area contributed by atoms with Gasteiger partial charge < -0.3 is 14.8 Å². The van der Waals surface area contributed by atoms with Gasteiger partial charge in [-0.3, -0.25) is 9.69 Å². The number of carbonyl (C=O) groups is 1. The number of aromatic nitrogens is 3. The molecule has 1 N–H and O–H groups in total. The van der Waals surface area contributed by atoms with Gasteiger partial charge in [0.2, 0.25) is 5.91 Å². The fraction of sp³-hybridized carbons (Fsp3) is 0.706. The van der Waals surface area contributed by atoms with E-state index < -0.39 is 9.84 Å². The van der Waals surface area contributed by atoms with E-state index >= 15 is 0 Å². The molecule has 1 aliphatic heterocycles. The molecule has 1 aromatic rings. The van der Waals surface area contributed by atoms with Gasteiger partial charge in [0, 0.05) is 44.2 Å². The number of likely N-dealkylation sites (tertiary alicyclic amines) is 1. The summed E-state index contributed by atoms with van der Waals surface area (Å²) in [5.41, 5.74) is 0.985. The van der Waals surface area contributed by atoms with Crippen LogP contribution in [0, 0.1) is 0 Å². The van der Waals surface area contributed by atoms with Crippen molar-refractivity contribution in [2.75, 3.05) is 52.3 Å². The Kier molecular flexibility index (Phi) is 7.95. The fourth-order valence-corrected chi connectivity index (χ4v) is 3.43. The Bertz CT molecular complexity index is 807. The van der Waals surface area contributed by atoms with E-state index in [1.54, 1.807) is 6.92 Å². The molecule has 1 amide bonds.